The molecule has 0 spiro atoms. The predicted octanol–water partition coefficient (Wildman–Crippen LogP) is 5.15. The zero-order valence-electron chi connectivity index (χ0n) is 18.3. The topological polar surface area (TPSA) is 50.8 Å². The predicted molar refractivity (Wildman–Crippen MR) is 128 cm³/mol. The Kier molecular flexibility index (Phi) is 10.4. The number of likely N-dealkylation sites (tertiary alicyclic amines) is 1. The summed E-state index contributed by atoms with van der Waals surface area (Å²) >= 11 is 6.53. The van der Waals surface area contributed by atoms with Crippen LogP contribution < -0.4 is 14.8 Å². The smallest absolute Gasteiger partial charge is 0.222 e. The fourth-order valence-corrected chi connectivity index (χ4v) is 3.82. The largest absolute Gasteiger partial charge is 0.490 e. The highest BCUT2D eigenvalue weighted by atomic mass is 35.5. The van der Waals surface area contributed by atoms with Gasteiger partial charge in [-0.25, -0.2) is 0 Å². The number of nitrogens with one attached hydrogen (secondary N) is 1. The summed E-state index contributed by atoms with van der Waals surface area (Å²) in [5, 5.41) is 3.98. The fraction of sp³-hybridized carbons (Fsp3) is 0.458. The lowest BCUT2D eigenvalue weighted by Gasteiger charge is -2.17. The minimum atomic E-state index is 0. The third-order valence-electron chi connectivity index (χ3n) is 5.16. The zero-order chi connectivity index (χ0) is 21.3. The van der Waals surface area contributed by atoms with E-state index in [2.05, 4.69) is 36.5 Å². The van der Waals surface area contributed by atoms with Gasteiger partial charge in [-0.05, 0) is 56.5 Å². The Bertz CT molecular complexity index is 843. The quantitative estimate of drug-likeness (QED) is 0.465. The van der Waals surface area contributed by atoms with Gasteiger partial charge in [0.2, 0.25) is 5.91 Å². The van der Waals surface area contributed by atoms with E-state index in [4.69, 9.17) is 21.1 Å². The number of ether oxygens (including phenoxy) is 2. The normalized spacial score (nSPS) is 13.3. The van der Waals surface area contributed by atoms with Gasteiger partial charge in [-0.1, -0.05) is 41.4 Å². The lowest BCUT2D eigenvalue weighted by Crippen LogP contribution is -2.28. The van der Waals surface area contributed by atoms with Crippen LogP contribution in [0.25, 0.3) is 0 Å². The first-order valence-corrected chi connectivity index (χ1v) is 11.1. The SMILES string of the molecule is CCOc1cc(CNCCCN2CCCC2=O)cc(Cl)c1OCc1ccc(C)cc1.Cl. The van der Waals surface area contributed by atoms with Crippen molar-refractivity contribution in [2.24, 2.45) is 0 Å². The Morgan fingerprint density at radius 1 is 1.13 bits per heavy atom. The number of hydrogen-bond donors (Lipinski definition) is 1. The first-order valence-electron chi connectivity index (χ1n) is 10.7. The van der Waals surface area contributed by atoms with Crippen molar-refractivity contribution in [1.29, 1.82) is 0 Å². The molecule has 1 fully saturated rings. The van der Waals surface area contributed by atoms with Crippen molar-refractivity contribution in [2.45, 2.75) is 46.3 Å². The molecule has 1 heterocycles. The molecule has 1 N–H and O–H groups in total. The van der Waals surface area contributed by atoms with Crippen molar-refractivity contribution in [3.8, 4) is 11.5 Å². The molecule has 1 aliphatic rings. The molecule has 0 bridgehead atoms. The van der Waals surface area contributed by atoms with Gasteiger partial charge in [0, 0.05) is 26.1 Å². The van der Waals surface area contributed by atoms with E-state index in [-0.39, 0.29) is 18.3 Å². The zero-order valence-corrected chi connectivity index (χ0v) is 19.9. The summed E-state index contributed by atoms with van der Waals surface area (Å²) in [6.07, 6.45) is 2.63. The Balaban J connectivity index is 0.00000341. The van der Waals surface area contributed by atoms with Gasteiger partial charge in [-0.2, -0.15) is 0 Å². The van der Waals surface area contributed by atoms with Crippen molar-refractivity contribution < 1.29 is 14.3 Å². The minimum absolute atomic E-state index is 0. The van der Waals surface area contributed by atoms with E-state index in [1.54, 1.807) is 0 Å². The maximum atomic E-state index is 11.7. The van der Waals surface area contributed by atoms with Gasteiger partial charge >= 0.3 is 0 Å². The second kappa shape index (κ2) is 12.8. The van der Waals surface area contributed by atoms with Crippen LogP contribution in [0.3, 0.4) is 0 Å². The number of rotatable bonds is 11. The van der Waals surface area contributed by atoms with Crippen LogP contribution in [0, 0.1) is 6.92 Å². The van der Waals surface area contributed by atoms with Crippen molar-refractivity contribution in [3.05, 3.63) is 58.1 Å². The number of carbonyl (C=O) groups excluding carboxylic acids is 1. The molecule has 5 nitrogen and oxygen atoms in total. The van der Waals surface area contributed by atoms with E-state index < -0.39 is 0 Å². The molecule has 1 aliphatic heterocycles. The molecule has 0 unspecified atom stereocenters. The van der Waals surface area contributed by atoms with Gasteiger partial charge < -0.3 is 19.7 Å². The Labute approximate surface area is 196 Å². The Morgan fingerprint density at radius 2 is 1.90 bits per heavy atom. The molecule has 7 heteroatoms. The number of amides is 1. The molecule has 170 valence electrons. The number of carbonyl (C=O) groups is 1. The van der Waals surface area contributed by atoms with Crippen molar-refractivity contribution in [1.82, 2.24) is 10.2 Å². The third kappa shape index (κ3) is 7.60. The van der Waals surface area contributed by atoms with Crippen LogP contribution in [0.5, 0.6) is 11.5 Å². The van der Waals surface area contributed by atoms with Gasteiger partial charge in [-0.15, -0.1) is 12.4 Å². The molecule has 31 heavy (non-hydrogen) atoms. The second-order valence-electron chi connectivity index (χ2n) is 7.63. The molecule has 1 amide bonds. The first-order chi connectivity index (χ1) is 14.6. The molecule has 0 aliphatic carbocycles. The molecule has 0 aromatic heterocycles. The van der Waals surface area contributed by atoms with Crippen LogP contribution in [-0.2, 0) is 17.9 Å². The minimum Gasteiger partial charge on any atom is -0.490 e. The summed E-state index contributed by atoms with van der Waals surface area (Å²) in [7, 11) is 0. The van der Waals surface area contributed by atoms with Crippen molar-refractivity contribution in [2.75, 3.05) is 26.2 Å². The summed E-state index contributed by atoms with van der Waals surface area (Å²) in [5.41, 5.74) is 3.35. The van der Waals surface area contributed by atoms with E-state index in [1.807, 2.05) is 24.0 Å². The summed E-state index contributed by atoms with van der Waals surface area (Å²) < 4.78 is 11.8. The summed E-state index contributed by atoms with van der Waals surface area (Å²) in [6.45, 7) is 8.24. The summed E-state index contributed by atoms with van der Waals surface area (Å²) in [6, 6.07) is 12.1. The number of nitrogens with zero attached hydrogens (tertiary/aromatic N) is 1. The lowest BCUT2D eigenvalue weighted by atomic mass is 10.1. The average molecular weight is 467 g/mol. The van der Waals surface area contributed by atoms with Gasteiger partial charge in [0.25, 0.3) is 0 Å². The van der Waals surface area contributed by atoms with E-state index in [0.717, 1.165) is 43.6 Å². The highest BCUT2D eigenvalue weighted by molar-refractivity contribution is 6.32. The van der Waals surface area contributed by atoms with Crippen molar-refractivity contribution >= 4 is 29.9 Å². The number of benzene rings is 2. The van der Waals surface area contributed by atoms with E-state index in [1.165, 1.54) is 5.56 Å². The summed E-state index contributed by atoms with van der Waals surface area (Å²) in [4.78, 5) is 13.6. The maximum Gasteiger partial charge on any atom is 0.222 e. The molecule has 1 saturated heterocycles. The molecule has 0 radical (unpaired) electrons. The van der Waals surface area contributed by atoms with E-state index in [9.17, 15) is 4.79 Å². The first kappa shape index (κ1) is 25.3. The highest BCUT2D eigenvalue weighted by Gasteiger charge is 2.19. The highest BCUT2D eigenvalue weighted by Crippen LogP contribution is 2.37. The summed E-state index contributed by atoms with van der Waals surface area (Å²) in [5.74, 6) is 1.52. The standard InChI is InChI=1S/C24H31ClN2O3.ClH/c1-3-29-22-15-20(16-26-11-5-13-27-12-4-6-23(27)28)14-21(25)24(22)30-17-19-9-7-18(2)8-10-19;/h7-10,14-15,26H,3-6,11-13,16-17H2,1-2H3;1H. The molecule has 2 aromatic carbocycles. The van der Waals surface area contributed by atoms with Crippen LogP contribution in [0.2, 0.25) is 5.02 Å². The molecule has 0 saturated carbocycles. The number of hydrogen-bond acceptors (Lipinski definition) is 4. The number of halogens is 2. The fourth-order valence-electron chi connectivity index (χ4n) is 3.53. The molecular weight excluding hydrogens is 435 g/mol. The molecule has 3 rings (SSSR count). The van der Waals surface area contributed by atoms with E-state index in [0.29, 0.717) is 42.7 Å². The van der Waals surface area contributed by atoms with Crippen LogP contribution >= 0.6 is 24.0 Å². The second-order valence-corrected chi connectivity index (χ2v) is 8.03. The molecule has 0 atom stereocenters. The Hall–Kier alpha value is -1.95. The van der Waals surface area contributed by atoms with Crippen LogP contribution in [0.15, 0.2) is 36.4 Å². The van der Waals surface area contributed by atoms with Crippen LogP contribution in [0.1, 0.15) is 42.9 Å². The van der Waals surface area contributed by atoms with Crippen molar-refractivity contribution in [3.63, 3.8) is 0 Å². The third-order valence-corrected chi connectivity index (χ3v) is 5.44. The molecular formula is C24H32Cl2N2O3. The van der Waals surface area contributed by atoms with Gasteiger partial charge in [-0.3, -0.25) is 4.79 Å². The lowest BCUT2D eigenvalue weighted by molar-refractivity contribution is -0.127. The van der Waals surface area contributed by atoms with Gasteiger partial charge in [0.05, 0.1) is 11.6 Å². The number of aryl methyl sites for hydroxylation is 1. The monoisotopic (exact) mass is 466 g/mol. The maximum absolute atomic E-state index is 11.7. The van der Waals surface area contributed by atoms with E-state index >= 15 is 0 Å². The average Bonchev–Trinajstić information content (AvgIpc) is 3.13. The van der Waals surface area contributed by atoms with Crippen LogP contribution in [0.4, 0.5) is 0 Å². The van der Waals surface area contributed by atoms with Crippen LogP contribution in [-0.4, -0.2) is 37.0 Å². The Morgan fingerprint density at radius 3 is 2.58 bits per heavy atom. The van der Waals surface area contributed by atoms with Gasteiger partial charge in [0.15, 0.2) is 11.5 Å². The molecule has 2 aromatic rings. The van der Waals surface area contributed by atoms with Gasteiger partial charge in [0.1, 0.15) is 6.61 Å².